The van der Waals surface area contributed by atoms with Crippen LogP contribution < -0.4 is 5.32 Å². The fourth-order valence-corrected chi connectivity index (χ4v) is 2.31. The van der Waals surface area contributed by atoms with Crippen molar-refractivity contribution in [2.45, 2.75) is 39.7 Å². The third kappa shape index (κ3) is 3.27. The third-order valence-corrected chi connectivity index (χ3v) is 3.48. The standard InChI is InChI=1S/C17H23NO/c1-5-12(3)10-15(18-6-2)17-11-14-9-13(4)7-8-16(14)19-17/h7-9,11,15,18H,3,5-6,10H2,1-2,4H3. The van der Waals surface area contributed by atoms with E-state index in [1.165, 1.54) is 16.5 Å². The van der Waals surface area contributed by atoms with Crippen LogP contribution in [-0.2, 0) is 0 Å². The van der Waals surface area contributed by atoms with Gasteiger partial charge in [0, 0.05) is 5.39 Å². The van der Waals surface area contributed by atoms with E-state index in [0.29, 0.717) is 0 Å². The molecule has 1 aromatic carbocycles. The maximum atomic E-state index is 5.98. The van der Waals surface area contributed by atoms with Crippen molar-refractivity contribution < 1.29 is 4.42 Å². The van der Waals surface area contributed by atoms with Gasteiger partial charge in [-0.25, -0.2) is 0 Å². The van der Waals surface area contributed by atoms with Crippen LogP contribution in [0.4, 0.5) is 0 Å². The van der Waals surface area contributed by atoms with Crippen molar-refractivity contribution in [3.8, 4) is 0 Å². The summed E-state index contributed by atoms with van der Waals surface area (Å²) >= 11 is 0. The molecule has 0 saturated heterocycles. The molecule has 1 atom stereocenters. The number of fused-ring (bicyclic) bond motifs is 1. The molecule has 1 unspecified atom stereocenters. The number of hydrogen-bond donors (Lipinski definition) is 1. The second-order valence-electron chi connectivity index (χ2n) is 5.11. The lowest BCUT2D eigenvalue weighted by Gasteiger charge is -2.16. The Morgan fingerprint density at radius 3 is 2.79 bits per heavy atom. The van der Waals surface area contributed by atoms with Crippen molar-refractivity contribution in [1.29, 1.82) is 0 Å². The molecule has 0 bridgehead atoms. The van der Waals surface area contributed by atoms with Gasteiger partial charge in [0.1, 0.15) is 11.3 Å². The Morgan fingerprint density at radius 2 is 2.11 bits per heavy atom. The van der Waals surface area contributed by atoms with Gasteiger partial charge < -0.3 is 9.73 Å². The van der Waals surface area contributed by atoms with Gasteiger partial charge in [0.2, 0.25) is 0 Å². The van der Waals surface area contributed by atoms with Crippen molar-refractivity contribution >= 4 is 11.0 Å². The zero-order valence-electron chi connectivity index (χ0n) is 12.1. The van der Waals surface area contributed by atoms with Crippen molar-refractivity contribution in [3.05, 3.63) is 47.7 Å². The van der Waals surface area contributed by atoms with Crippen LogP contribution in [0, 0.1) is 6.92 Å². The molecule has 2 rings (SSSR count). The summed E-state index contributed by atoms with van der Waals surface area (Å²) in [5, 5.41) is 4.67. The lowest BCUT2D eigenvalue weighted by Crippen LogP contribution is -2.20. The molecular formula is C17H23NO. The average Bonchev–Trinajstić information content (AvgIpc) is 2.80. The van der Waals surface area contributed by atoms with Crippen LogP contribution in [0.3, 0.4) is 0 Å². The first-order chi connectivity index (χ1) is 9.13. The monoisotopic (exact) mass is 257 g/mol. The predicted octanol–water partition coefficient (Wildman–Crippen LogP) is 4.75. The van der Waals surface area contributed by atoms with Gasteiger partial charge in [-0.1, -0.05) is 37.6 Å². The summed E-state index contributed by atoms with van der Waals surface area (Å²) in [5.41, 5.74) is 3.48. The van der Waals surface area contributed by atoms with E-state index in [1.807, 2.05) is 6.07 Å². The Bertz CT molecular complexity index is 568. The maximum Gasteiger partial charge on any atom is 0.134 e. The minimum atomic E-state index is 0.227. The van der Waals surface area contributed by atoms with Crippen LogP contribution in [0.15, 0.2) is 40.8 Å². The van der Waals surface area contributed by atoms with Gasteiger partial charge in [-0.15, -0.1) is 0 Å². The van der Waals surface area contributed by atoms with Crippen molar-refractivity contribution in [2.75, 3.05) is 6.54 Å². The molecule has 0 saturated carbocycles. The first kappa shape index (κ1) is 13.9. The van der Waals surface area contributed by atoms with Gasteiger partial charge in [-0.2, -0.15) is 0 Å². The molecule has 1 heterocycles. The molecule has 1 N–H and O–H groups in total. The van der Waals surface area contributed by atoms with E-state index in [-0.39, 0.29) is 6.04 Å². The number of furan rings is 1. The zero-order chi connectivity index (χ0) is 13.8. The molecule has 0 radical (unpaired) electrons. The highest BCUT2D eigenvalue weighted by Gasteiger charge is 2.16. The van der Waals surface area contributed by atoms with Gasteiger partial charge >= 0.3 is 0 Å². The minimum absolute atomic E-state index is 0.227. The normalized spacial score (nSPS) is 12.8. The summed E-state index contributed by atoms with van der Waals surface area (Å²) in [6, 6.07) is 8.68. The van der Waals surface area contributed by atoms with Crippen LogP contribution in [0.2, 0.25) is 0 Å². The molecule has 19 heavy (non-hydrogen) atoms. The van der Waals surface area contributed by atoms with Gasteiger partial charge in [-0.3, -0.25) is 0 Å². The molecule has 102 valence electrons. The van der Waals surface area contributed by atoms with E-state index >= 15 is 0 Å². The van der Waals surface area contributed by atoms with Gasteiger partial charge in [0.05, 0.1) is 6.04 Å². The second kappa shape index (κ2) is 6.07. The van der Waals surface area contributed by atoms with Crippen LogP contribution in [0.1, 0.15) is 44.1 Å². The lowest BCUT2D eigenvalue weighted by atomic mass is 10.0. The highest BCUT2D eigenvalue weighted by molar-refractivity contribution is 5.78. The molecular weight excluding hydrogens is 234 g/mol. The Kier molecular flexibility index (Phi) is 4.43. The fraction of sp³-hybridized carbons (Fsp3) is 0.412. The van der Waals surface area contributed by atoms with Crippen molar-refractivity contribution in [3.63, 3.8) is 0 Å². The lowest BCUT2D eigenvalue weighted by molar-refractivity contribution is 0.432. The molecule has 2 heteroatoms. The van der Waals surface area contributed by atoms with Crippen LogP contribution in [0.5, 0.6) is 0 Å². The minimum Gasteiger partial charge on any atom is -0.459 e. The Hall–Kier alpha value is -1.54. The largest absolute Gasteiger partial charge is 0.459 e. The summed E-state index contributed by atoms with van der Waals surface area (Å²) in [5.74, 6) is 1.01. The van der Waals surface area contributed by atoms with Gasteiger partial charge in [-0.05, 0) is 44.5 Å². The third-order valence-electron chi connectivity index (χ3n) is 3.48. The van der Waals surface area contributed by atoms with Crippen LogP contribution >= 0.6 is 0 Å². The molecule has 0 fully saturated rings. The quantitative estimate of drug-likeness (QED) is 0.755. The number of benzene rings is 1. The Morgan fingerprint density at radius 1 is 1.32 bits per heavy atom. The molecule has 0 aliphatic rings. The van der Waals surface area contributed by atoms with Crippen molar-refractivity contribution in [1.82, 2.24) is 5.32 Å². The summed E-state index contributed by atoms with van der Waals surface area (Å²) in [4.78, 5) is 0. The van der Waals surface area contributed by atoms with E-state index in [0.717, 1.165) is 30.7 Å². The van der Waals surface area contributed by atoms with Gasteiger partial charge in [0.25, 0.3) is 0 Å². The number of aryl methyl sites for hydroxylation is 1. The number of rotatable bonds is 6. The molecule has 0 aliphatic heterocycles. The van der Waals surface area contributed by atoms with E-state index in [4.69, 9.17) is 4.42 Å². The first-order valence-corrected chi connectivity index (χ1v) is 7.04. The molecule has 0 aliphatic carbocycles. The maximum absolute atomic E-state index is 5.98. The number of hydrogen-bond acceptors (Lipinski definition) is 2. The molecule has 0 amide bonds. The Balaban J connectivity index is 2.30. The molecule has 0 spiro atoms. The van der Waals surface area contributed by atoms with Crippen LogP contribution in [0.25, 0.3) is 11.0 Å². The summed E-state index contributed by atoms with van der Waals surface area (Å²) in [6.45, 7) is 11.4. The second-order valence-corrected chi connectivity index (χ2v) is 5.11. The van der Waals surface area contributed by atoms with E-state index in [9.17, 15) is 0 Å². The van der Waals surface area contributed by atoms with Crippen molar-refractivity contribution in [2.24, 2.45) is 0 Å². The van der Waals surface area contributed by atoms with Crippen LogP contribution in [-0.4, -0.2) is 6.54 Å². The predicted molar refractivity (Wildman–Crippen MR) is 81.4 cm³/mol. The first-order valence-electron chi connectivity index (χ1n) is 7.04. The van der Waals surface area contributed by atoms with E-state index < -0.39 is 0 Å². The summed E-state index contributed by atoms with van der Waals surface area (Å²) in [7, 11) is 0. The SMILES string of the molecule is C=C(CC)CC(NCC)c1cc2cc(C)ccc2o1. The van der Waals surface area contributed by atoms with Gasteiger partial charge in [0.15, 0.2) is 0 Å². The average molecular weight is 257 g/mol. The Labute approximate surface area is 115 Å². The zero-order valence-corrected chi connectivity index (χ0v) is 12.1. The molecule has 2 aromatic rings. The van der Waals surface area contributed by atoms with E-state index in [2.05, 4.69) is 50.9 Å². The topological polar surface area (TPSA) is 25.2 Å². The number of nitrogens with one attached hydrogen (secondary N) is 1. The summed E-state index contributed by atoms with van der Waals surface area (Å²) in [6.07, 6.45) is 1.95. The smallest absolute Gasteiger partial charge is 0.134 e. The highest BCUT2D eigenvalue weighted by atomic mass is 16.3. The fourth-order valence-electron chi connectivity index (χ4n) is 2.31. The molecule has 2 nitrogen and oxygen atoms in total. The molecule has 1 aromatic heterocycles. The summed E-state index contributed by atoms with van der Waals surface area (Å²) < 4.78 is 5.98. The van der Waals surface area contributed by atoms with E-state index in [1.54, 1.807) is 0 Å². The highest BCUT2D eigenvalue weighted by Crippen LogP contribution is 2.28.